The van der Waals surface area contributed by atoms with E-state index in [2.05, 4.69) is 29.3 Å². The van der Waals surface area contributed by atoms with Crippen LogP contribution in [0.1, 0.15) is 51.0 Å². The van der Waals surface area contributed by atoms with Gasteiger partial charge in [0.25, 0.3) is 0 Å². The fourth-order valence-electron chi connectivity index (χ4n) is 4.64. The number of hydrogen-bond acceptors (Lipinski definition) is 3. The van der Waals surface area contributed by atoms with Gasteiger partial charge in [0.2, 0.25) is 11.8 Å². The predicted octanol–water partition coefficient (Wildman–Crippen LogP) is 3.84. The van der Waals surface area contributed by atoms with Gasteiger partial charge in [-0.2, -0.15) is 0 Å². The number of nitrogens with one attached hydrogen (secondary N) is 1. The van der Waals surface area contributed by atoms with Gasteiger partial charge in [-0.15, -0.1) is 0 Å². The molecule has 1 aromatic rings. The van der Waals surface area contributed by atoms with Crippen LogP contribution in [0.15, 0.2) is 18.2 Å². The molecule has 4 rings (SSSR count). The zero-order valence-electron chi connectivity index (χ0n) is 17.3. The van der Waals surface area contributed by atoms with Crippen LogP contribution in [0.4, 0.5) is 5.69 Å². The summed E-state index contributed by atoms with van der Waals surface area (Å²) in [5.74, 6) is 1.11. The zero-order chi connectivity index (χ0) is 20.4. The SMILES string of the molecule is C[C@H]1CCCN(c2ccc(CNC(=O)[C@H]3CCCN(C(=O)C4CC4)C3)cc2Cl)C1. The standard InChI is InChI=1S/C23H32ClN3O2/c1-16-4-2-10-26(14-16)21-9-6-17(12-20(21)24)13-25-22(28)19-5-3-11-27(15-19)23(29)18-7-8-18/h6,9,12,16,18-19H,2-5,7-8,10-11,13-15H2,1H3,(H,25,28)/t16-,19-/m0/s1. The fraction of sp³-hybridized carbons (Fsp3) is 0.652. The Morgan fingerprint density at radius 3 is 2.59 bits per heavy atom. The first-order chi connectivity index (χ1) is 14.0. The van der Waals surface area contributed by atoms with Crippen molar-refractivity contribution >= 4 is 29.1 Å². The maximum Gasteiger partial charge on any atom is 0.225 e. The highest BCUT2D eigenvalue weighted by molar-refractivity contribution is 6.33. The van der Waals surface area contributed by atoms with Crippen molar-refractivity contribution in [2.45, 2.75) is 52.0 Å². The minimum atomic E-state index is -0.101. The van der Waals surface area contributed by atoms with E-state index in [0.717, 1.165) is 61.6 Å². The van der Waals surface area contributed by atoms with Gasteiger partial charge in [0, 0.05) is 38.6 Å². The van der Waals surface area contributed by atoms with E-state index in [-0.39, 0.29) is 23.7 Å². The van der Waals surface area contributed by atoms with E-state index in [1.807, 2.05) is 11.0 Å². The number of piperidine rings is 2. The number of halogens is 1. The minimum Gasteiger partial charge on any atom is -0.370 e. The highest BCUT2D eigenvalue weighted by Crippen LogP contribution is 2.33. The van der Waals surface area contributed by atoms with Gasteiger partial charge in [-0.25, -0.2) is 0 Å². The van der Waals surface area contributed by atoms with Gasteiger partial charge in [-0.1, -0.05) is 24.6 Å². The maximum absolute atomic E-state index is 12.7. The van der Waals surface area contributed by atoms with Crippen LogP contribution in [0.3, 0.4) is 0 Å². The van der Waals surface area contributed by atoms with Crippen LogP contribution in [0.2, 0.25) is 5.02 Å². The lowest BCUT2D eigenvalue weighted by atomic mass is 9.96. The number of rotatable bonds is 5. The number of carbonyl (C=O) groups is 2. The monoisotopic (exact) mass is 417 g/mol. The summed E-state index contributed by atoms with van der Waals surface area (Å²) in [6.07, 6.45) is 6.27. The second-order valence-corrected chi connectivity index (χ2v) is 9.50. The molecule has 0 unspecified atom stereocenters. The summed E-state index contributed by atoms with van der Waals surface area (Å²) in [7, 11) is 0. The lowest BCUT2D eigenvalue weighted by Gasteiger charge is -2.33. The fourth-order valence-corrected chi connectivity index (χ4v) is 4.96. The maximum atomic E-state index is 12.7. The summed E-state index contributed by atoms with van der Waals surface area (Å²) in [5, 5.41) is 3.81. The molecule has 0 aromatic heterocycles. The van der Waals surface area contributed by atoms with E-state index in [9.17, 15) is 9.59 Å². The molecule has 2 saturated heterocycles. The Labute approximate surface area is 178 Å². The molecule has 2 aliphatic heterocycles. The van der Waals surface area contributed by atoms with Crippen molar-refractivity contribution < 1.29 is 9.59 Å². The molecule has 0 radical (unpaired) electrons. The van der Waals surface area contributed by atoms with Crippen LogP contribution < -0.4 is 10.2 Å². The number of nitrogens with zero attached hydrogens (tertiary/aromatic N) is 2. The lowest BCUT2D eigenvalue weighted by Crippen LogP contribution is -2.45. The second-order valence-electron chi connectivity index (χ2n) is 9.09. The Morgan fingerprint density at radius 1 is 1.07 bits per heavy atom. The predicted molar refractivity (Wildman–Crippen MR) is 116 cm³/mol. The Kier molecular flexibility index (Phi) is 6.33. The van der Waals surface area contributed by atoms with Crippen molar-refractivity contribution in [3.8, 4) is 0 Å². The molecule has 5 nitrogen and oxygen atoms in total. The summed E-state index contributed by atoms with van der Waals surface area (Å²) in [4.78, 5) is 29.2. The first-order valence-electron chi connectivity index (χ1n) is 11.1. The van der Waals surface area contributed by atoms with Gasteiger partial charge in [0.1, 0.15) is 0 Å². The number of carbonyl (C=O) groups excluding carboxylic acids is 2. The zero-order valence-corrected chi connectivity index (χ0v) is 18.1. The summed E-state index contributed by atoms with van der Waals surface area (Å²) < 4.78 is 0. The molecule has 0 spiro atoms. The molecule has 158 valence electrons. The summed E-state index contributed by atoms with van der Waals surface area (Å²) >= 11 is 6.57. The van der Waals surface area contributed by atoms with Crippen LogP contribution in [0.5, 0.6) is 0 Å². The quantitative estimate of drug-likeness (QED) is 0.791. The molecule has 1 saturated carbocycles. The number of amides is 2. The van der Waals surface area contributed by atoms with E-state index in [4.69, 9.17) is 11.6 Å². The van der Waals surface area contributed by atoms with Crippen molar-refractivity contribution in [3.63, 3.8) is 0 Å². The van der Waals surface area contributed by atoms with Gasteiger partial charge in [-0.3, -0.25) is 9.59 Å². The average molecular weight is 418 g/mol. The molecule has 1 N–H and O–H groups in total. The molecule has 2 amide bonds. The molecule has 2 heterocycles. The topological polar surface area (TPSA) is 52.7 Å². The average Bonchev–Trinajstić information content (AvgIpc) is 3.57. The molecular weight excluding hydrogens is 386 g/mol. The molecular formula is C23H32ClN3O2. The molecule has 1 aromatic carbocycles. The molecule has 0 bridgehead atoms. The first-order valence-corrected chi connectivity index (χ1v) is 11.5. The van der Waals surface area contributed by atoms with Crippen LogP contribution in [-0.4, -0.2) is 42.9 Å². The van der Waals surface area contributed by atoms with Crippen molar-refractivity contribution in [2.75, 3.05) is 31.1 Å². The van der Waals surface area contributed by atoms with E-state index >= 15 is 0 Å². The number of anilines is 1. The number of hydrogen-bond donors (Lipinski definition) is 1. The lowest BCUT2D eigenvalue weighted by molar-refractivity contribution is -0.136. The van der Waals surface area contributed by atoms with Crippen molar-refractivity contribution in [1.82, 2.24) is 10.2 Å². The minimum absolute atomic E-state index is 0.0448. The summed E-state index contributed by atoms with van der Waals surface area (Å²) in [5.41, 5.74) is 2.11. The Bertz CT molecular complexity index is 764. The summed E-state index contributed by atoms with van der Waals surface area (Å²) in [6.45, 7) is 6.22. The Morgan fingerprint density at radius 2 is 1.86 bits per heavy atom. The van der Waals surface area contributed by atoms with E-state index in [0.29, 0.717) is 19.0 Å². The van der Waals surface area contributed by atoms with Gasteiger partial charge < -0.3 is 15.1 Å². The summed E-state index contributed by atoms with van der Waals surface area (Å²) in [6, 6.07) is 6.11. The number of benzene rings is 1. The molecule has 3 fully saturated rings. The van der Waals surface area contributed by atoms with Gasteiger partial charge in [0.05, 0.1) is 16.6 Å². The highest BCUT2D eigenvalue weighted by atomic mass is 35.5. The van der Waals surface area contributed by atoms with Gasteiger partial charge >= 0.3 is 0 Å². The normalized spacial score (nSPS) is 25.0. The third-order valence-electron chi connectivity index (χ3n) is 6.51. The smallest absolute Gasteiger partial charge is 0.225 e. The van der Waals surface area contributed by atoms with E-state index in [1.54, 1.807) is 0 Å². The molecule has 1 aliphatic carbocycles. The molecule has 2 atom stereocenters. The van der Waals surface area contributed by atoms with Crippen molar-refractivity contribution in [1.29, 1.82) is 0 Å². The Balaban J connectivity index is 1.30. The first kappa shape index (κ1) is 20.5. The molecule has 3 aliphatic rings. The third-order valence-corrected chi connectivity index (χ3v) is 6.81. The van der Waals surface area contributed by atoms with Gasteiger partial charge in [-0.05, 0) is 62.1 Å². The van der Waals surface area contributed by atoms with Crippen LogP contribution >= 0.6 is 11.6 Å². The van der Waals surface area contributed by atoms with Gasteiger partial charge in [0.15, 0.2) is 0 Å². The van der Waals surface area contributed by atoms with E-state index < -0.39 is 0 Å². The van der Waals surface area contributed by atoms with E-state index in [1.165, 1.54) is 12.8 Å². The largest absolute Gasteiger partial charge is 0.370 e. The second kappa shape index (κ2) is 8.95. The third kappa shape index (κ3) is 5.06. The number of likely N-dealkylation sites (tertiary alicyclic amines) is 1. The van der Waals surface area contributed by atoms with Crippen LogP contribution in [0, 0.1) is 17.8 Å². The molecule has 29 heavy (non-hydrogen) atoms. The highest BCUT2D eigenvalue weighted by Gasteiger charge is 2.36. The van der Waals surface area contributed by atoms with Crippen LogP contribution in [0.25, 0.3) is 0 Å². The Hall–Kier alpha value is -1.75. The van der Waals surface area contributed by atoms with Crippen LogP contribution in [-0.2, 0) is 16.1 Å². The van der Waals surface area contributed by atoms with Crippen molar-refractivity contribution in [2.24, 2.45) is 17.8 Å². The van der Waals surface area contributed by atoms with Crippen molar-refractivity contribution in [3.05, 3.63) is 28.8 Å². The molecule has 6 heteroatoms.